The topological polar surface area (TPSA) is 85.1 Å². The summed E-state index contributed by atoms with van der Waals surface area (Å²) in [5, 5.41) is 2.85. The van der Waals surface area contributed by atoms with E-state index in [0.717, 1.165) is 0 Å². The van der Waals surface area contributed by atoms with Crippen LogP contribution in [0.5, 0.6) is 0 Å². The first-order chi connectivity index (χ1) is 8.38. The molecule has 0 aliphatic heterocycles. The second kappa shape index (κ2) is 6.49. The number of hydrogen-bond acceptors (Lipinski definition) is 4. The Kier molecular flexibility index (Phi) is 5.27. The second-order valence-corrected chi connectivity index (χ2v) is 5.92. The number of nitrogens with zero attached hydrogens (tertiary/aromatic N) is 1. The number of anilines is 1. The summed E-state index contributed by atoms with van der Waals surface area (Å²) in [5.41, 5.74) is 6.81. The van der Waals surface area contributed by atoms with Gasteiger partial charge < -0.3 is 11.1 Å². The van der Waals surface area contributed by atoms with Gasteiger partial charge in [-0.2, -0.15) is 0 Å². The van der Waals surface area contributed by atoms with Crippen LogP contribution in [0.25, 0.3) is 0 Å². The van der Waals surface area contributed by atoms with Crippen molar-refractivity contribution in [1.29, 1.82) is 0 Å². The van der Waals surface area contributed by atoms with Gasteiger partial charge in [0.15, 0.2) is 0 Å². The number of aromatic nitrogens is 1. The van der Waals surface area contributed by atoms with E-state index in [1.165, 1.54) is 0 Å². The highest BCUT2D eigenvalue weighted by atomic mass is 32.2. The summed E-state index contributed by atoms with van der Waals surface area (Å²) in [4.78, 5) is 15.9. The Labute approximate surface area is 110 Å². The molecule has 0 aliphatic carbocycles. The first-order valence-electron chi connectivity index (χ1n) is 5.73. The van der Waals surface area contributed by atoms with Gasteiger partial charge in [-0.25, -0.2) is 4.98 Å². The summed E-state index contributed by atoms with van der Waals surface area (Å²) >= 11 is 0. The van der Waals surface area contributed by atoms with Crippen LogP contribution in [0, 0.1) is 6.92 Å². The quantitative estimate of drug-likeness (QED) is 0.830. The number of amides is 1. The Morgan fingerprint density at radius 1 is 1.56 bits per heavy atom. The molecule has 0 fully saturated rings. The summed E-state index contributed by atoms with van der Waals surface area (Å²) in [7, 11) is -0.834. The molecule has 100 valence electrons. The van der Waals surface area contributed by atoms with Gasteiger partial charge in [0.1, 0.15) is 5.82 Å². The Morgan fingerprint density at radius 3 is 2.78 bits per heavy atom. The Balaban J connectivity index is 2.61. The standard InChI is InChI=1S/C12H19N3O2S/c1-8(4-5-18(3)17)15-12(16)10-6-9(2)14-11(13)7-10/h6-8H,4-5H2,1-3H3,(H2,13,14)(H,15,16). The highest BCUT2D eigenvalue weighted by Crippen LogP contribution is 2.07. The molecule has 3 N–H and O–H groups in total. The van der Waals surface area contributed by atoms with Gasteiger partial charge in [0.2, 0.25) is 0 Å². The molecule has 6 heteroatoms. The maximum absolute atomic E-state index is 11.9. The average Bonchev–Trinajstić information content (AvgIpc) is 2.25. The number of nitrogens with two attached hydrogens (primary N) is 1. The maximum Gasteiger partial charge on any atom is 0.251 e. The minimum Gasteiger partial charge on any atom is -0.384 e. The van der Waals surface area contributed by atoms with Crippen molar-refractivity contribution >= 4 is 22.5 Å². The number of carbonyl (C=O) groups is 1. The van der Waals surface area contributed by atoms with Crippen molar-refractivity contribution in [3.05, 3.63) is 23.4 Å². The number of carbonyl (C=O) groups excluding carboxylic acids is 1. The fourth-order valence-electron chi connectivity index (χ4n) is 1.55. The summed E-state index contributed by atoms with van der Waals surface area (Å²) < 4.78 is 11.0. The number of aryl methyl sites for hydroxylation is 1. The van der Waals surface area contributed by atoms with Gasteiger partial charge in [0, 0.05) is 40.1 Å². The van der Waals surface area contributed by atoms with Crippen molar-refractivity contribution in [3.63, 3.8) is 0 Å². The monoisotopic (exact) mass is 269 g/mol. The molecule has 0 aromatic carbocycles. The van der Waals surface area contributed by atoms with E-state index >= 15 is 0 Å². The molecule has 18 heavy (non-hydrogen) atoms. The fraction of sp³-hybridized carbons (Fsp3) is 0.500. The first-order valence-corrected chi connectivity index (χ1v) is 7.46. The largest absolute Gasteiger partial charge is 0.384 e. The van der Waals surface area contributed by atoms with Crippen LogP contribution < -0.4 is 11.1 Å². The molecule has 5 nitrogen and oxygen atoms in total. The zero-order valence-electron chi connectivity index (χ0n) is 10.9. The lowest BCUT2D eigenvalue weighted by molar-refractivity contribution is 0.0939. The molecular weight excluding hydrogens is 250 g/mol. The van der Waals surface area contributed by atoms with Crippen LogP contribution in [-0.2, 0) is 10.8 Å². The molecular formula is C12H19N3O2S. The van der Waals surface area contributed by atoms with Crippen LogP contribution in [-0.4, -0.2) is 33.2 Å². The molecule has 1 aromatic heterocycles. The molecule has 0 aliphatic rings. The molecule has 0 saturated carbocycles. The maximum atomic E-state index is 11.9. The molecule has 2 atom stereocenters. The van der Waals surface area contributed by atoms with Crippen molar-refractivity contribution in [2.45, 2.75) is 26.3 Å². The van der Waals surface area contributed by atoms with Gasteiger partial charge in [-0.15, -0.1) is 0 Å². The number of nitrogens with one attached hydrogen (secondary N) is 1. The van der Waals surface area contributed by atoms with Crippen molar-refractivity contribution < 1.29 is 9.00 Å². The molecule has 1 heterocycles. The molecule has 0 radical (unpaired) electrons. The van der Waals surface area contributed by atoms with E-state index < -0.39 is 10.8 Å². The minimum absolute atomic E-state index is 0.0175. The predicted octanol–water partition coefficient (Wildman–Crippen LogP) is 0.859. The summed E-state index contributed by atoms with van der Waals surface area (Å²) in [6.07, 6.45) is 2.34. The van der Waals surface area contributed by atoms with E-state index in [4.69, 9.17) is 5.73 Å². The highest BCUT2D eigenvalue weighted by molar-refractivity contribution is 7.84. The van der Waals surface area contributed by atoms with Crippen LogP contribution in [0.2, 0.25) is 0 Å². The van der Waals surface area contributed by atoms with E-state index in [1.54, 1.807) is 25.3 Å². The van der Waals surface area contributed by atoms with E-state index in [-0.39, 0.29) is 11.9 Å². The van der Waals surface area contributed by atoms with Gasteiger partial charge in [-0.05, 0) is 32.4 Å². The third-order valence-electron chi connectivity index (χ3n) is 2.45. The smallest absolute Gasteiger partial charge is 0.251 e. The lowest BCUT2D eigenvalue weighted by Crippen LogP contribution is -2.33. The molecule has 1 rings (SSSR count). The molecule has 1 amide bonds. The number of rotatable bonds is 5. The Bertz CT molecular complexity index is 442. The zero-order valence-corrected chi connectivity index (χ0v) is 11.7. The summed E-state index contributed by atoms with van der Waals surface area (Å²) in [6.45, 7) is 3.68. The van der Waals surface area contributed by atoms with E-state index in [1.807, 2.05) is 6.92 Å². The third-order valence-corrected chi connectivity index (χ3v) is 3.26. The van der Waals surface area contributed by atoms with Gasteiger partial charge >= 0.3 is 0 Å². The molecule has 0 spiro atoms. The van der Waals surface area contributed by atoms with Crippen molar-refractivity contribution in [1.82, 2.24) is 10.3 Å². The zero-order chi connectivity index (χ0) is 13.7. The van der Waals surface area contributed by atoms with Crippen LogP contribution in [0.3, 0.4) is 0 Å². The number of hydrogen-bond donors (Lipinski definition) is 2. The van der Waals surface area contributed by atoms with Crippen molar-refractivity contribution in [3.8, 4) is 0 Å². The summed E-state index contributed by atoms with van der Waals surface area (Å²) in [5.74, 6) is 0.739. The minimum atomic E-state index is -0.834. The molecule has 2 unspecified atom stereocenters. The van der Waals surface area contributed by atoms with Crippen LogP contribution in [0.1, 0.15) is 29.4 Å². The third kappa shape index (κ3) is 4.83. The van der Waals surface area contributed by atoms with Gasteiger partial charge in [0.05, 0.1) is 0 Å². The molecule has 1 aromatic rings. The second-order valence-electron chi connectivity index (χ2n) is 4.36. The Hall–Kier alpha value is -1.43. The first kappa shape index (κ1) is 14.6. The van der Waals surface area contributed by atoms with Crippen molar-refractivity contribution in [2.75, 3.05) is 17.7 Å². The van der Waals surface area contributed by atoms with Gasteiger partial charge in [0.25, 0.3) is 5.91 Å². The number of pyridine rings is 1. The Morgan fingerprint density at radius 2 is 2.22 bits per heavy atom. The van der Waals surface area contributed by atoms with Crippen LogP contribution >= 0.6 is 0 Å². The molecule has 0 saturated heterocycles. The lowest BCUT2D eigenvalue weighted by atomic mass is 10.2. The van der Waals surface area contributed by atoms with E-state index in [2.05, 4.69) is 10.3 Å². The number of nitrogen functional groups attached to an aromatic ring is 1. The van der Waals surface area contributed by atoms with E-state index in [9.17, 15) is 9.00 Å². The summed E-state index contributed by atoms with van der Waals surface area (Å²) in [6, 6.07) is 3.22. The van der Waals surface area contributed by atoms with Crippen LogP contribution in [0.15, 0.2) is 12.1 Å². The van der Waals surface area contributed by atoms with Crippen molar-refractivity contribution in [2.24, 2.45) is 0 Å². The average molecular weight is 269 g/mol. The fourth-order valence-corrected chi connectivity index (χ4v) is 2.23. The lowest BCUT2D eigenvalue weighted by Gasteiger charge is -2.13. The normalized spacial score (nSPS) is 13.9. The van der Waals surface area contributed by atoms with Gasteiger partial charge in [-0.3, -0.25) is 9.00 Å². The SMILES string of the molecule is Cc1cc(C(=O)NC(C)CCS(C)=O)cc(N)n1. The van der Waals surface area contributed by atoms with Crippen LogP contribution in [0.4, 0.5) is 5.82 Å². The van der Waals surface area contributed by atoms with Gasteiger partial charge in [-0.1, -0.05) is 0 Å². The predicted molar refractivity (Wildman–Crippen MR) is 73.9 cm³/mol. The highest BCUT2D eigenvalue weighted by Gasteiger charge is 2.11. The molecule has 0 bridgehead atoms. The van der Waals surface area contributed by atoms with E-state index in [0.29, 0.717) is 29.2 Å².